The summed E-state index contributed by atoms with van der Waals surface area (Å²) in [6.45, 7) is 6.65. The molecule has 0 spiro atoms. The van der Waals surface area contributed by atoms with Crippen LogP contribution in [0.5, 0.6) is 0 Å². The van der Waals surface area contributed by atoms with Gasteiger partial charge in [-0.3, -0.25) is 0 Å². The topological polar surface area (TPSA) is 29.9 Å². The third-order valence-electron chi connectivity index (χ3n) is 4.14. The minimum absolute atomic E-state index is 0.631. The van der Waals surface area contributed by atoms with Gasteiger partial charge in [0.25, 0.3) is 0 Å². The Bertz CT molecular complexity index is 339. The number of hydrogen-bond donors (Lipinski definition) is 1. The molecule has 1 N–H and O–H groups in total. The lowest BCUT2D eigenvalue weighted by Crippen LogP contribution is -2.39. The van der Waals surface area contributed by atoms with E-state index in [1.54, 1.807) is 0 Å². The van der Waals surface area contributed by atoms with E-state index in [4.69, 9.17) is 0 Å². The van der Waals surface area contributed by atoms with E-state index in [1.165, 1.54) is 37.9 Å². The summed E-state index contributed by atoms with van der Waals surface area (Å²) in [5, 5.41) is 3.75. The van der Waals surface area contributed by atoms with Crippen LogP contribution in [0, 0.1) is 5.92 Å². The first-order valence-electron chi connectivity index (χ1n) is 7.58. The van der Waals surface area contributed by atoms with Crippen LogP contribution < -0.4 is 5.32 Å². The second kappa shape index (κ2) is 6.93. The highest BCUT2D eigenvalue weighted by Gasteiger charge is 2.25. The summed E-state index contributed by atoms with van der Waals surface area (Å²) < 4.78 is 2.34. The van der Waals surface area contributed by atoms with Gasteiger partial charge in [-0.05, 0) is 31.7 Å². The molecule has 2 rings (SSSR count). The average molecular weight is 249 g/mol. The van der Waals surface area contributed by atoms with Crippen molar-refractivity contribution in [1.82, 2.24) is 14.9 Å². The van der Waals surface area contributed by atoms with Crippen molar-refractivity contribution < 1.29 is 0 Å². The van der Waals surface area contributed by atoms with Crippen LogP contribution in [0.15, 0.2) is 12.4 Å². The highest BCUT2D eigenvalue weighted by molar-refractivity contribution is 4.94. The minimum Gasteiger partial charge on any atom is -0.333 e. The lowest BCUT2D eigenvalue weighted by Gasteiger charge is -2.26. The molecule has 1 aromatic rings. The number of nitrogens with one attached hydrogen (secondary N) is 1. The Morgan fingerprint density at radius 2 is 2.17 bits per heavy atom. The quantitative estimate of drug-likeness (QED) is 0.805. The predicted molar refractivity (Wildman–Crippen MR) is 75.6 cm³/mol. The van der Waals surface area contributed by atoms with Crippen LogP contribution in [-0.4, -0.2) is 22.1 Å². The van der Waals surface area contributed by atoms with Gasteiger partial charge in [0.05, 0.1) is 0 Å². The van der Waals surface area contributed by atoms with Gasteiger partial charge < -0.3 is 9.88 Å². The van der Waals surface area contributed by atoms with Crippen molar-refractivity contribution in [2.24, 2.45) is 5.92 Å². The molecule has 1 aliphatic carbocycles. The SMILES string of the molecule is CCCNC(Cn1ccnc1CC)C1CCCC1. The van der Waals surface area contributed by atoms with Crippen LogP contribution in [0.1, 0.15) is 51.8 Å². The molecular formula is C15H27N3. The molecular weight excluding hydrogens is 222 g/mol. The second-order valence-corrected chi connectivity index (χ2v) is 5.45. The number of aryl methyl sites for hydroxylation is 1. The van der Waals surface area contributed by atoms with E-state index in [2.05, 4.69) is 34.9 Å². The first-order chi connectivity index (χ1) is 8.85. The van der Waals surface area contributed by atoms with Crippen LogP contribution in [-0.2, 0) is 13.0 Å². The summed E-state index contributed by atoms with van der Waals surface area (Å²) in [6, 6.07) is 0.631. The number of nitrogens with zero attached hydrogens (tertiary/aromatic N) is 2. The molecule has 1 saturated carbocycles. The van der Waals surface area contributed by atoms with E-state index in [1.807, 2.05) is 6.20 Å². The molecule has 0 aromatic carbocycles. The Labute approximate surface area is 111 Å². The molecule has 0 saturated heterocycles. The minimum atomic E-state index is 0.631. The first-order valence-corrected chi connectivity index (χ1v) is 7.58. The lowest BCUT2D eigenvalue weighted by molar-refractivity contribution is 0.320. The molecule has 1 unspecified atom stereocenters. The maximum atomic E-state index is 4.43. The molecule has 1 heterocycles. The Morgan fingerprint density at radius 3 is 2.83 bits per heavy atom. The van der Waals surface area contributed by atoms with Crippen LogP contribution in [0.2, 0.25) is 0 Å². The monoisotopic (exact) mass is 249 g/mol. The van der Waals surface area contributed by atoms with Crippen LogP contribution >= 0.6 is 0 Å². The van der Waals surface area contributed by atoms with Crippen molar-refractivity contribution in [3.63, 3.8) is 0 Å². The van der Waals surface area contributed by atoms with Gasteiger partial charge >= 0.3 is 0 Å². The maximum Gasteiger partial charge on any atom is 0.108 e. The van der Waals surface area contributed by atoms with Crippen molar-refractivity contribution in [1.29, 1.82) is 0 Å². The summed E-state index contributed by atoms with van der Waals surface area (Å²) in [6.07, 6.45) is 11.9. The molecule has 0 radical (unpaired) electrons. The molecule has 102 valence electrons. The first kappa shape index (κ1) is 13.6. The molecule has 0 bridgehead atoms. The largest absolute Gasteiger partial charge is 0.333 e. The molecule has 1 aromatic heterocycles. The fourth-order valence-corrected chi connectivity index (χ4v) is 3.10. The third-order valence-corrected chi connectivity index (χ3v) is 4.14. The highest BCUT2D eigenvalue weighted by Crippen LogP contribution is 2.28. The van der Waals surface area contributed by atoms with Crippen molar-refractivity contribution >= 4 is 0 Å². The van der Waals surface area contributed by atoms with Gasteiger partial charge in [-0.15, -0.1) is 0 Å². The van der Waals surface area contributed by atoms with E-state index in [0.29, 0.717) is 6.04 Å². The van der Waals surface area contributed by atoms with Crippen molar-refractivity contribution in [2.75, 3.05) is 6.54 Å². The zero-order chi connectivity index (χ0) is 12.8. The number of imidazole rings is 1. The lowest BCUT2D eigenvalue weighted by atomic mass is 9.97. The summed E-state index contributed by atoms with van der Waals surface area (Å²) in [5.74, 6) is 2.08. The summed E-state index contributed by atoms with van der Waals surface area (Å²) in [4.78, 5) is 4.43. The second-order valence-electron chi connectivity index (χ2n) is 5.45. The zero-order valence-electron chi connectivity index (χ0n) is 11.9. The summed E-state index contributed by atoms with van der Waals surface area (Å²) >= 11 is 0. The molecule has 0 aliphatic heterocycles. The van der Waals surface area contributed by atoms with Crippen LogP contribution in [0.3, 0.4) is 0 Å². The Hall–Kier alpha value is -0.830. The van der Waals surface area contributed by atoms with Crippen molar-refractivity contribution in [2.45, 2.75) is 65.0 Å². The van der Waals surface area contributed by atoms with E-state index in [-0.39, 0.29) is 0 Å². The fourth-order valence-electron chi connectivity index (χ4n) is 3.10. The van der Waals surface area contributed by atoms with E-state index < -0.39 is 0 Å². The summed E-state index contributed by atoms with van der Waals surface area (Å²) in [7, 11) is 0. The summed E-state index contributed by atoms with van der Waals surface area (Å²) in [5.41, 5.74) is 0. The highest BCUT2D eigenvalue weighted by atomic mass is 15.1. The normalized spacial score (nSPS) is 18.3. The zero-order valence-corrected chi connectivity index (χ0v) is 11.9. The van der Waals surface area contributed by atoms with Gasteiger partial charge in [0.1, 0.15) is 5.82 Å². The Morgan fingerprint density at radius 1 is 1.39 bits per heavy atom. The van der Waals surface area contributed by atoms with Gasteiger partial charge in [0.2, 0.25) is 0 Å². The smallest absolute Gasteiger partial charge is 0.108 e. The average Bonchev–Trinajstić information content (AvgIpc) is 3.04. The molecule has 3 nitrogen and oxygen atoms in total. The van der Waals surface area contributed by atoms with Gasteiger partial charge in [-0.25, -0.2) is 4.98 Å². The molecule has 0 amide bonds. The van der Waals surface area contributed by atoms with E-state index >= 15 is 0 Å². The van der Waals surface area contributed by atoms with Crippen molar-refractivity contribution in [3.8, 4) is 0 Å². The van der Waals surface area contributed by atoms with Gasteiger partial charge in [-0.2, -0.15) is 0 Å². The third kappa shape index (κ3) is 3.35. The molecule has 1 aliphatic rings. The fraction of sp³-hybridized carbons (Fsp3) is 0.800. The van der Waals surface area contributed by atoms with Crippen LogP contribution in [0.25, 0.3) is 0 Å². The molecule has 1 fully saturated rings. The Kier molecular flexibility index (Phi) is 5.24. The number of hydrogen-bond acceptors (Lipinski definition) is 2. The van der Waals surface area contributed by atoms with Gasteiger partial charge in [-0.1, -0.05) is 26.7 Å². The van der Waals surface area contributed by atoms with Crippen LogP contribution in [0.4, 0.5) is 0 Å². The molecule has 3 heteroatoms. The standard InChI is InChI=1S/C15H27N3/c1-3-9-16-14(13-7-5-6-8-13)12-18-11-10-17-15(18)4-2/h10-11,13-14,16H,3-9,12H2,1-2H3. The van der Waals surface area contributed by atoms with Gasteiger partial charge in [0, 0.05) is 31.4 Å². The molecule has 18 heavy (non-hydrogen) atoms. The van der Waals surface area contributed by atoms with E-state index in [9.17, 15) is 0 Å². The Balaban J connectivity index is 1.99. The van der Waals surface area contributed by atoms with E-state index in [0.717, 1.165) is 25.4 Å². The van der Waals surface area contributed by atoms with Crippen molar-refractivity contribution in [3.05, 3.63) is 18.2 Å². The predicted octanol–water partition coefficient (Wildman–Crippen LogP) is 3.00. The molecule has 1 atom stereocenters. The number of aromatic nitrogens is 2. The van der Waals surface area contributed by atoms with Gasteiger partial charge in [0.15, 0.2) is 0 Å². The number of rotatable bonds is 7. The maximum absolute atomic E-state index is 4.43.